The second-order valence-electron chi connectivity index (χ2n) is 6.12. The third-order valence-electron chi connectivity index (χ3n) is 4.48. The van der Waals surface area contributed by atoms with Crippen LogP contribution in [0.5, 0.6) is 0 Å². The van der Waals surface area contributed by atoms with Gasteiger partial charge in [-0.15, -0.1) is 11.3 Å². The van der Waals surface area contributed by atoms with Crippen LogP contribution in [0.15, 0.2) is 30.3 Å². The van der Waals surface area contributed by atoms with Gasteiger partial charge < -0.3 is 10.6 Å². The molecular formula is C19H21N3OS. The molecule has 1 amide bonds. The number of carbonyl (C=O) groups excluding carboxylic acids is 1. The van der Waals surface area contributed by atoms with E-state index in [2.05, 4.69) is 4.98 Å². The van der Waals surface area contributed by atoms with Crippen molar-refractivity contribution < 1.29 is 4.79 Å². The maximum Gasteiger partial charge on any atom is 0.266 e. The molecule has 0 aliphatic carbocycles. The van der Waals surface area contributed by atoms with E-state index in [9.17, 15) is 4.79 Å². The molecule has 0 spiro atoms. The molecule has 3 rings (SSSR count). The maximum absolute atomic E-state index is 12.8. The average Bonchev–Trinajstić information content (AvgIpc) is 2.89. The topological polar surface area (TPSA) is 59.2 Å². The highest BCUT2D eigenvalue weighted by atomic mass is 32.1. The number of hydrogen-bond donors (Lipinski definition) is 1. The predicted molar refractivity (Wildman–Crippen MR) is 100 cm³/mol. The van der Waals surface area contributed by atoms with Crippen LogP contribution < -0.4 is 5.73 Å². The number of anilines is 1. The molecule has 0 unspecified atom stereocenters. The highest BCUT2D eigenvalue weighted by Crippen LogP contribution is 2.37. The van der Waals surface area contributed by atoms with Gasteiger partial charge in [0.1, 0.15) is 9.71 Å². The number of benzene rings is 1. The van der Waals surface area contributed by atoms with Crippen LogP contribution in [0.4, 0.5) is 5.69 Å². The van der Waals surface area contributed by atoms with Crippen molar-refractivity contribution in [2.24, 2.45) is 0 Å². The van der Waals surface area contributed by atoms with Gasteiger partial charge in [0.25, 0.3) is 5.91 Å². The van der Waals surface area contributed by atoms with Gasteiger partial charge >= 0.3 is 0 Å². The highest BCUT2D eigenvalue weighted by Gasteiger charge is 2.22. The van der Waals surface area contributed by atoms with E-state index >= 15 is 0 Å². The van der Waals surface area contributed by atoms with Crippen LogP contribution in [0.2, 0.25) is 0 Å². The third-order valence-corrected chi connectivity index (χ3v) is 5.57. The fourth-order valence-corrected chi connectivity index (χ4v) is 4.03. The summed E-state index contributed by atoms with van der Waals surface area (Å²) >= 11 is 1.38. The van der Waals surface area contributed by atoms with E-state index in [1.165, 1.54) is 11.3 Å². The Morgan fingerprint density at radius 3 is 2.50 bits per heavy atom. The zero-order valence-corrected chi connectivity index (χ0v) is 15.2. The number of aromatic nitrogens is 1. The van der Waals surface area contributed by atoms with Gasteiger partial charge in [0.2, 0.25) is 0 Å². The number of nitrogens with zero attached hydrogens (tertiary/aromatic N) is 2. The van der Waals surface area contributed by atoms with Crippen molar-refractivity contribution in [2.75, 3.05) is 12.8 Å². The summed E-state index contributed by atoms with van der Waals surface area (Å²) in [6.07, 6.45) is 0. The summed E-state index contributed by atoms with van der Waals surface area (Å²) in [6.45, 7) is 6.62. The largest absolute Gasteiger partial charge is 0.397 e. The molecule has 0 bridgehead atoms. The molecule has 0 radical (unpaired) electrons. The zero-order valence-electron chi connectivity index (χ0n) is 14.4. The van der Waals surface area contributed by atoms with Gasteiger partial charge in [-0.2, -0.15) is 0 Å². The fourth-order valence-electron chi connectivity index (χ4n) is 2.83. The van der Waals surface area contributed by atoms with Crippen molar-refractivity contribution in [1.29, 1.82) is 0 Å². The minimum absolute atomic E-state index is 0.0611. The molecule has 0 saturated heterocycles. The first-order chi connectivity index (χ1) is 11.4. The number of carbonyl (C=O) groups is 1. The van der Waals surface area contributed by atoms with Crippen LogP contribution in [0.1, 0.15) is 32.1 Å². The summed E-state index contributed by atoms with van der Waals surface area (Å²) in [5.74, 6) is -0.0611. The van der Waals surface area contributed by atoms with Crippen LogP contribution in [0.25, 0.3) is 10.2 Å². The fraction of sp³-hybridized carbons (Fsp3) is 0.263. The Morgan fingerprint density at radius 2 is 1.83 bits per heavy atom. The smallest absolute Gasteiger partial charge is 0.266 e. The lowest BCUT2D eigenvalue weighted by Gasteiger charge is -2.16. The molecule has 0 aliphatic rings. The summed E-state index contributed by atoms with van der Waals surface area (Å²) in [7, 11) is 1.80. The summed E-state index contributed by atoms with van der Waals surface area (Å²) < 4.78 is 0. The lowest BCUT2D eigenvalue weighted by Crippen LogP contribution is -2.26. The first-order valence-electron chi connectivity index (χ1n) is 7.85. The summed E-state index contributed by atoms with van der Waals surface area (Å²) in [6, 6.07) is 9.93. The van der Waals surface area contributed by atoms with Crippen molar-refractivity contribution in [2.45, 2.75) is 27.3 Å². The third kappa shape index (κ3) is 2.76. The number of nitrogens with two attached hydrogens (primary N) is 1. The molecule has 124 valence electrons. The van der Waals surface area contributed by atoms with Crippen molar-refractivity contribution in [3.63, 3.8) is 0 Å². The van der Waals surface area contributed by atoms with Crippen LogP contribution in [0.3, 0.4) is 0 Å². The van der Waals surface area contributed by atoms with Crippen molar-refractivity contribution >= 4 is 33.1 Å². The SMILES string of the molecule is Cc1nc2sc(C(=O)N(C)Cc3ccccc3)c(N)c2c(C)c1C. The van der Waals surface area contributed by atoms with Gasteiger partial charge in [0.15, 0.2) is 0 Å². The molecular weight excluding hydrogens is 318 g/mol. The number of hydrogen-bond acceptors (Lipinski definition) is 4. The van der Waals surface area contributed by atoms with Gasteiger partial charge in [-0.1, -0.05) is 30.3 Å². The Kier molecular flexibility index (Phi) is 4.28. The lowest BCUT2D eigenvalue weighted by molar-refractivity contribution is 0.0791. The number of fused-ring (bicyclic) bond motifs is 1. The van der Waals surface area contributed by atoms with E-state index in [-0.39, 0.29) is 5.91 Å². The minimum Gasteiger partial charge on any atom is -0.397 e. The molecule has 1 aromatic carbocycles. The molecule has 0 aliphatic heterocycles. The Hall–Kier alpha value is -2.40. The molecule has 24 heavy (non-hydrogen) atoms. The van der Waals surface area contributed by atoms with E-state index in [0.717, 1.165) is 32.6 Å². The standard InChI is InChI=1S/C19H21N3OS/c1-11-12(2)15-16(20)17(24-18(15)21-13(11)3)19(23)22(4)10-14-8-6-5-7-9-14/h5-9H,10,20H2,1-4H3. The Morgan fingerprint density at radius 1 is 1.17 bits per heavy atom. The number of rotatable bonds is 3. The molecule has 0 fully saturated rings. The second kappa shape index (κ2) is 6.24. The molecule has 2 N–H and O–H groups in total. The van der Waals surface area contributed by atoms with Crippen molar-refractivity contribution in [3.05, 3.63) is 57.6 Å². The van der Waals surface area contributed by atoms with E-state index in [1.54, 1.807) is 11.9 Å². The number of pyridine rings is 1. The molecule has 0 saturated carbocycles. The summed E-state index contributed by atoms with van der Waals surface area (Å²) in [5.41, 5.74) is 11.2. The predicted octanol–water partition coefficient (Wildman–Crippen LogP) is 4.08. The van der Waals surface area contributed by atoms with E-state index in [0.29, 0.717) is 17.1 Å². The quantitative estimate of drug-likeness (QED) is 0.782. The normalized spacial score (nSPS) is 11.0. The van der Waals surface area contributed by atoms with Crippen LogP contribution in [-0.2, 0) is 6.54 Å². The summed E-state index contributed by atoms with van der Waals surface area (Å²) in [4.78, 5) is 20.6. The average molecular weight is 339 g/mol. The molecule has 0 atom stereocenters. The molecule has 5 heteroatoms. The number of aryl methyl sites for hydroxylation is 2. The Labute approximate surface area is 145 Å². The first-order valence-corrected chi connectivity index (χ1v) is 8.67. The van der Waals surface area contributed by atoms with Gasteiger partial charge in [-0.3, -0.25) is 4.79 Å². The van der Waals surface area contributed by atoms with Gasteiger partial charge in [0.05, 0.1) is 5.69 Å². The lowest BCUT2D eigenvalue weighted by atomic mass is 10.1. The van der Waals surface area contributed by atoms with E-state index in [1.807, 2.05) is 51.1 Å². The zero-order chi connectivity index (χ0) is 17.4. The monoisotopic (exact) mass is 339 g/mol. The molecule has 2 heterocycles. The van der Waals surface area contributed by atoms with Crippen molar-refractivity contribution in [1.82, 2.24) is 9.88 Å². The number of nitrogen functional groups attached to an aromatic ring is 1. The molecule has 4 nitrogen and oxygen atoms in total. The Bertz CT molecular complexity index is 916. The van der Waals surface area contributed by atoms with Crippen LogP contribution in [0, 0.1) is 20.8 Å². The minimum atomic E-state index is -0.0611. The molecule has 3 aromatic rings. The van der Waals surface area contributed by atoms with Gasteiger partial charge in [0, 0.05) is 24.7 Å². The van der Waals surface area contributed by atoms with Crippen LogP contribution in [-0.4, -0.2) is 22.8 Å². The second-order valence-corrected chi connectivity index (χ2v) is 7.12. The number of thiophene rings is 1. The van der Waals surface area contributed by atoms with E-state index < -0.39 is 0 Å². The van der Waals surface area contributed by atoms with Crippen molar-refractivity contribution in [3.8, 4) is 0 Å². The van der Waals surface area contributed by atoms with Gasteiger partial charge in [-0.05, 0) is 37.5 Å². The number of amides is 1. The maximum atomic E-state index is 12.8. The highest BCUT2D eigenvalue weighted by molar-refractivity contribution is 7.21. The van der Waals surface area contributed by atoms with Gasteiger partial charge in [-0.25, -0.2) is 4.98 Å². The first kappa shape index (κ1) is 16.5. The molecule has 2 aromatic heterocycles. The van der Waals surface area contributed by atoms with Crippen LogP contribution >= 0.6 is 11.3 Å². The Balaban J connectivity index is 1.98. The van der Waals surface area contributed by atoms with E-state index in [4.69, 9.17) is 5.73 Å². The summed E-state index contributed by atoms with van der Waals surface area (Å²) in [5, 5.41) is 0.916.